The van der Waals surface area contributed by atoms with E-state index in [1.54, 1.807) is 13.2 Å². The van der Waals surface area contributed by atoms with E-state index in [9.17, 15) is 9.59 Å². The Hall–Kier alpha value is -2.82. The van der Waals surface area contributed by atoms with Crippen LogP contribution in [0.3, 0.4) is 0 Å². The number of amides is 2. The number of nitrogens with one attached hydrogen (secondary N) is 1. The van der Waals surface area contributed by atoms with Crippen LogP contribution in [0.4, 0.5) is 5.69 Å². The maximum Gasteiger partial charge on any atom is 0.254 e. The van der Waals surface area contributed by atoms with Gasteiger partial charge in [-0.25, -0.2) is 0 Å². The molecule has 5 heteroatoms. The van der Waals surface area contributed by atoms with Crippen LogP contribution in [0, 0.1) is 5.92 Å². The normalized spacial score (nSPS) is 19.0. The van der Waals surface area contributed by atoms with Crippen molar-refractivity contribution < 1.29 is 14.3 Å². The Morgan fingerprint density at radius 1 is 1.07 bits per heavy atom. The summed E-state index contributed by atoms with van der Waals surface area (Å²) >= 11 is 0. The van der Waals surface area contributed by atoms with Crippen molar-refractivity contribution in [3.8, 4) is 5.75 Å². The van der Waals surface area contributed by atoms with Crippen LogP contribution < -0.4 is 10.1 Å². The largest absolute Gasteiger partial charge is 0.497 e. The Morgan fingerprint density at radius 3 is 2.67 bits per heavy atom. The Kier molecular flexibility index (Phi) is 4.84. The van der Waals surface area contributed by atoms with E-state index in [-0.39, 0.29) is 23.8 Å². The van der Waals surface area contributed by atoms with Crippen molar-refractivity contribution in [1.29, 1.82) is 0 Å². The Labute approximate surface area is 159 Å². The van der Waals surface area contributed by atoms with Gasteiger partial charge in [-0.2, -0.15) is 0 Å². The Morgan fingerprint density at radius 2 is 1.89 bits per heavy atom. The molecule has 0 aromatic heterocycles. The molecule has 2 aromatic carbocycles. The van der Waals surface area contributed by atoms with Gasteiger partial charge in [0.2, 0.25) is 5.91 Å². The topological polar surface area (TPSA) is 58.6 Å². The summed E-state index contributed by atoms with van der Waals surface area (Å²) in [7, 11) is 1.65. The molecular formula is C22H24N2O3. The highest BCUT2D eigenvalue weighted by Crippen LogP contribution is 2.35. The highest BCUT2D eigenvalue weighted by atomic mass is 16.5. The first-order chi connectivity index (χ1) is 13.2. The number of hydrogen-bond donors (Lipinski definition) is 1. The number of hydrogen-bond acceptors (Lipinski definition) is 3. The van der Waals surface area contributed by atoms with E-state index in [0.717, 1.165) is 43.5 Å². The van der Waals surface area contributed by atoms with Crippen LogP contribution in [-0.4, -0.2) is 30.4 Å². The summed E-state index contributed by atoms with van der Waals surface area (Å²) in [5.74, 6) is 0.995. The van der Waals surface area contributed by atoms with Gasteiger partial charge in [-0.3, -0.25) is 9.59 Å². The summed E-state index contributed by atoms with van der Waals surface area (Å²) in [5.41, 5.74) is 2.40. The monoisotopic (exact) mass is 364 g/mol. The third-order valence-corrected chi connectivity index (χ3v) is 5.32. The fraction of sp³-hybridized carbons (Fsp3) is 0.364. The quantitative estimate of drug-likeness (QED) is 0.872. The molecule has 1 heterocycles. The lowest BCUT2D eigenvalue weighted by molar-refractivity contribution is -0.117. The summed E-state index contributed by atoms with van der Waals surface area (Å²) in [4.78, 5) is 27.1. The number of nitrogens with zero attached hydrogens (tertiary/aromatic N) is 1. The molecule has 140 valence electrons. The van der Waals surface area contributed by atoms with Gasteiger partial charge in [0.1, 0.15) is 5.75 Å². The molecule has 1 saturated carbocycles. The second kappa shape index (κ2) is 7.43. The maximum absolute atomic E-state index is 13.2. The van der Waals surface area contributed by atoms with Crippen molar-refractivity contribution in [1.82, 2.24) is 4.90 Å². The molecule has 2 aromatic rings. The number of carbonyl (C=O) groups excluding carboxylic acids is 2. The molecule has 4 rings (SSSR count). The standard InChI is InChI=1S/C22H24N2O3/c1-27-19-8-3-5-16(14-19)20-9-4-12-24(20)22(26)17-6-2-7-18(13-17)23-21(25)15-10-11-15/h2-3,5-8,13-15,20H,4,9-12H2,1H3,(H,23,25). The van der Waals surface area contributed by atoms with Gasteiger partial charge in [0.15, 0.2) is 0 Å². The minimum absolute atomic E-state index is 0.00263. The van der Waals surface area contributed by atoms with Gasteiger partial charge in [0.25, 0.3) is 5.91 Å². The van der Waals surface area contributed by atoms with Crippen LogP contribution in [-0.2, 0) is 4.79 Å². The number of benzene rings is 2. The van der Waals surface area contributed by atoms with Crippen molar-refractivity contribution in [2.75, 3.05) is 19.0 Å². The van der Waals surface area contributed by atoms with Crippen molar-refractivity contribution in [2.24, 2.45) is 5.92 Å². The van der Waals surface area contributed by atoms with Crippen LogP contribution in [0.25, 0.3) is 0 Å². The van der Waals surface area contributed by atoms with Crippen molar-refractivity contribution in [3.05, 3.63) is 59.7 Å². The zero-order valence-electron chi connectivity index (χ0n) is 15.5. The molecule has 1 aliphatic carbocycles. The van der Waals surface area contributed by atoms with Gasteiger partial charge in [-0.15, -0.1) is 0 Å². The second-order valence-electron chi connectivity index (χ2n) is 7.28. The molecule has 0 bridgehead atoms. The third-order valence-electron chi connectivity index (χ3n) is 5.32. The lowest BCUT2D eigenvalue weighted by Crippen LogP contribution is -2.30. The zero-order chi connectivity index (χ0) is 18.8. The van der Waals surface area contributed by atoms with Gasteiger partial charge >= 0.3 is 0 Å². The highest BCUT2D eigenvalue weighted by Gasteiger charge is 2.32. The lowest BCUT2D eigenvalue weighted by atomic mass is 10.0. The molecule has 2 amide bonds. The third kappa shape index (κ3) is 3.82. The summed E-state index contributed by atoms with van der Waals surface area (Å²) in [6, 6.07) is 15.2. The van der Waals surface area contributed by atoms with E-state index in [4.69, 9.17) is 4.74 Å². The number of anilines is 1. The first-order valence-corrected chi connectivity index (χ1v) is 9.51. The first-order valence-electron chi connectivity index (χ1n) is 9.51. The van der Waals surface area contributed by atoms with Gasteiger partial charge < -0.3 is 15.0 Å². The molecule has 27 heavy (non-hydrogen) atoms. The second-order valence-corrected chi connectivity index (χ2v) is 7.28. The van der Waals surface area contributed by atoms with E-state index in [1.165, 1.54) is 0 Å². The molecule has 1 saturated heterocycles. The average Bonchev–Trinajstić information content (AvgIpc) is 3.44. The smallest absolute Gasteiger partial charge is 0.254 e. The summed E-state index contributed by atoms with van der Waals surface area (Å²) in [6.07, 6.45) is 3.84. The number of methoxy groups -OCH3 is 1. The first kappa shape index (κ1) is 17.6. The number of likely N-dealkylation sites (tertiary alicyclic amines) is 1. The van der Waals surface area contributed by atoms with E-state index in [2.05, 4.69) is 5.32 Å². The molecule has 0 spiro atoms. The zero-order valence-corrected chi connectivity index (χ0v) is 15.5. The van der Waals surface area contributed by atoms with Gasteiger partial charge in [-0.05, 0) is 61.6 Å². The van der Waals surface area contributed by atoms with E-state index in [1.807, 2.05) is 47.4 Å². The van der Waals surface area contributed by atoms with E-state index in [0.29, 0.717) is 11.3 Å². The Balaban J connectivity index is 1.53. The summed E-state index contributed by atoms with van der Waals surface area (Å²) < 4.78 is 5.33. The van der Waals surface area contributed by atoms with E-state index >= 15 is 0 Å². The molecular weight excluding hydrogens is 340 g/mol. The maximum atomic E-state index is 13.2. The number of ether oxygens (including phenoxy) is 1. The summed E-state index contributed by atoms with van der Waals surface area (Å²) in [5, 5.41) is 2.92. The van der Waals surface area contributed by atoms with Crippen molar-refractivity contribution >= 4 is 17.5 Å². The highest BCUT2D eigenvalue weighted by molar-refractivity contribution is 5.98. The van der Waals surface area contributed by atoms with Crippen LogP contribution in [0.1, 0.15) is 47.6 Å². The Bertz CT molecular complexity index is 860. The lowest BCUT2D eigenvalue weighted by Gasteiger charge is -2.25. The number of rotatable bonds is 5. The summed E-state index contributed by atoms with van der Waals surface area (Å²) in [6.45, 7) is 0.735. The van der Waals surface area contributed by atoms with Crippen molar-refractivity contribution in [2.45, 2.75) is 31.7 Å². The van der Waals surface area contributed by atoms with Crippen LogP contribution in [0.15, 0.2) is 48.5 Å². The molecule has 1 unspecified atom stereocenters. The molecule has 1 atom stereocenters. The fourth-order valence-corrected chi connectivity index (χ4v) is 3.69. The van der Waals surface area contributed by atoms with Crippen LogP contribution in [0.2, 0.25) is 0 Å². The minimum Gasteiger partial charge on any atom is -0.497 e. The van der Waals surface area contributed by atoms with Gasteiger partial charge in [0.05, 0.1) is 13.2 Å². The van der Waals surface area contributed by atoms with E-state index < -0.39 is 0 Å². The van der Waals surface area contributed by atoms with Crippen LogP contribution in [0.5, 0.6) is 5.75 Å². The average molecular weight is 364 g/mol. The minimum atomic E-state index is 0.00263. The molecule has 5 nitrogen and oxygen atoms in total. The molecule has 1 aliphatic heterocycles. The van der Waals surface area contributed by atoms with Crippen molar-refractivity contribution in [3.63, 3.8) is 0 Å². The molecule has 2 aliphatic rings. The SMILES string of the molecule is COc1cccc(C2CCCN2C(=O)c2cccc(NC(=O)C3CC3)c2)c1. The predicted octanol–water partition coefficient (Wildman–Crippen LogP) is 4.02. The number of carbonyl (C=O) groups is 2. The molecule has 1 N–H and O–H groups in total. The van der Waals surface area contributed by atoms with Gasteiger partial charge in [-0.1, -0.05) is 18.2 Å². The predicted molar refractivity (Wildman–Crippen MR) is 104 cm³/mol. The van der Waals surface area contributed by atoms with Gasteiger partial charge in [0, 0.05) is 23.7 Å². The fourth-order valence-electron chi connectivity index (χ4n) is 3.69. The molecule has 2 fully saturated rings. The molecule has 0 radical (unpaired) electrons. The van der Waals surface area contributed by atoms with Crippen LogP contribution >= 0.6 is 0 Å².